The average molecular weight is 306 g/mol. The van der Waals surface area contributed by atoms with E-state index in [0.717, 1.165) is 0 Å². The minimum absolute atomic E-state index is 0.315. The summed E-state index contributed by atoms with van der Waals surface area (Å²) in [7, 11) is 0. The second-order valence-electron chi connectivity index (χ2n) is 4.31. The van der Waals surface area contributed by atoms with Crippen molar-refractivity contribution in [1.82, 2.24) is 0 Å². The van der Waals surface area contributed by atoms with Crippen LogP contribution in [0.15, 0.2) is 41.0 Å². The summed E-state index contributed by atoms with van der Waals surface area (Å²) in [6.07, 6.45) is 4.47. The Labute approximate surface area is 126 Å². The van der Waals surface area contributed by atoms with Crippen LogP contribution in [0.25, 0.3) is 6.08 Å². The minimum Gasteiger partial charge on any atom is -0.486 e. The van der Waals surface area contributed by atoms with Gasteiger partial charge in [-0.15, -0.1) is 0 Å². The lowest BCUT2D eigenvalue weighted by Gasteiger charge is -2.19. The number of rotatable bonds is 3. The molecule has 1 aliphatic rings. The molecule has 2 aromatic rings. The first-order valence-electron chi connectivity index (χ1n) is 6.34. The van der Waals surface area contributed by atoms with Crippen molar-refractivity contribution >= 4 is 29.3 Å². The molecule has 108 valence electrons. The minimum atomic E-state index is -0.315. The van der Waals surface area contributed by atoms with Crippen LogP contribution in [0.4, 0.5) is 5.69 Å². The number of anilines is 1. The summed E-state index contributed by atoms with van der Waals surface area (Å²) in [4.78, 5) is 11.9. The molecule has 1 N–H and O–H groups in total. The number of amides is 1. The van der Waals surface area contributed by atoms with Crippen molar-refractivity contribution in [3.63, 3.8) is 0 Å². The van der Waals surface area contributed by atoms with Gasteiger partial charge in [-0.3, -0.25) is 4.79 Å². The van der Waals surface area contributed by atoms with E-state index in [1.54, 1.807) is 30.3 Å². The first-order valence-corrected chi connectivity index (χ1v) is 6.72. The van der Waals surface area contributed by atoms with Crippen LogP contribution in [0.2, 0.25) is 5.02 Å². The van der Waals surface area contributed by atoms with Gasteiger partial charge in [0, 0.05) is 18.2 Å². The number of nitrogens with one attached hydrogen (secondary N) is 1. The first-order chi connectivity index (χ1) is 10.2. The van der Waals surface area contributed by atoms with Gasteiger partial charge >= 0.3 is 0 Å². The fourth-order valence-electron chi connectivity index (χ4n) is 1.88. The van der Waals surface area contributed by atoms with E-state index in [9.17, 15) is 4.79 Å². The van der Waals surface area contributed by atoms with Crippen LogP contribution in [0.3, 0.4) is 0 Å². The molecule has 6 heteroatoms. The SMILES string of the molecule is O=C(/C=C/c1ccco1)Nc1cc2c(cc1Cl)OCCO2. The van der Waals surface area contributed by atoms with Crippen molar-refractivity contribution in [2.75, 3.05) is 18.5 Å². The van der Waals surface area contributed by atoms with E-state index in [1.165, 1.54) is 12.3 Å². The molecule has 1 amide bonds. The van der Waals surface area contributed by atoms with Gasteiger partial charge in [-0.1, -0.05) is 11.6 Å². The smallest absolute Gasteiger partial charge is 0.248 e. The van der Waals surface area contributed by atoms with E-state index in [2.05, 4.69) is 5.32 Å². The summed E-state index contributed by atoms with van der Waals surface area (Å²) in [6.45, 7) is 0.960. The topological polar surface area (TPSA) is 60.7 Å². The third-order valence-electron chi connectivity index (χ3n) is 2.83. The Morgan fingerprint density at radius 3 is 2.71 bits per heavy atom. The summed E-state index contributed by atoms with van der Waals surface area (Å²) < 4.78 is 16.0. The number of hydrogen-bond acceptors (Lipinski definition) is 4. The highest BCUT2D eigenvalue weighted by Gasteiger charge is 2.15. The number of ether oxygens (including phenoxy) is 2. The van der Waals surface area contributed by atoms with Crippen LogP contribution >= 0.6 is 11.6 Å². The van der Waals surface area contributed by atoms with Gasteiger partial charge in [0.05, 0.1) is 17.0 Å². The molecule has 0 saturated heterocycles. The highest BCUT2D eigenvalue weighted by Crippen LogP contribution is 2.37. The van der Waals surface area contributed by atoms with Gasteiger partial charge in [-0.2, -0.15) is 0 Å². The van der Waals surface area contributed by atoms with E-state index >= 15 is 0 Å². The average Bonchev–Trinajstić information content (AvgIpc) is 2.99. The van der Waals surface area contributed by atoms with E-state index < -0.39 is 0 Å². The van der Waals surface area contributed by atoms with Gasteiger partial charge in [0.25, 0.3) is 0 Å². The van der Waals surface area contributed by atoms with Crippen LogP contribution in [-0.4, -0.2) is 19.1 Å². The monoisotopic (exact) mass is 305 g/mol. The maximum Gasteiger partial charge on any atom is 0.248 e. The Hall–Kier alpha value is -2.40. The molecule has 5 nitrogen and oxygen atoms in total. The van der Waals surface area contributed by atoms with E-state index in [1.807, 2.05) is 0 Å². The molecule has 21 heavy (non-hydrogen) atoms. The fourth-order valence-corrected chi connectivity index (χ4v) is 2.08. The Bertz CT molecular complexity index is 679. The van der Waals surface area contributed by atoms with Crippen molar-refractivity contribution in [3.8, 4) is 11.5 Å². The van der Waals surface area contributed by atoms with Crippen LogP contribution in [0, 0.1) is 0 Å². The number of carbonyl (C=O) groups is 1. The van der Waals surface area contributed by atoms with Crippen molar-refractivity contribution in [2.24, 2.45) is 0 Å². The van der Waals surface area contributed by atoms with Crippen LogP contribution < -0.4 is 14.8 Å². The van der Waals surface area contributed by atoms with Crippen molar-refractivity contribution in [2.45, 2.75) is 0 Å². The number of fused-ring (bicyclic) bond motifs is 1. The van der Waals surface area contributed by atoms with Gasteiger partial charge in [0.15, 0.2) is 11.5 Å². The predicted molar refractivity (Wildman–Crippen MR) is 78.8 cm³/mol. The molecular weight excluding hydrogens is 294 g/mol. The summed E-state index contributed by atoms with van der Waals surface area (Å²) in [5, 5.41) is 3.08. The Balaban J connectivity index is 1.73. The number of furan rings is 1. The molecule has 0 unspecified atom stereocenters. The zero-order valence-corrected chi connectivity index (χ0v) is 11.7. The molecule has 0 spiro atoms. The lowest BCUT2D eigenvalue weighted by atomic mass is 10.2. The van der Waals surface area contributed by atoms with Crippen LogP contribution in [-0.2, 0) is 4.79 Å². The van der Waals surface area contributed by atoms with Gasteiger partial charge < -0.3 is 19.2 Å². The molecular formula is C15H12ClNO4. The largest absolute Gasteiger partial charge is 0.486 e. The van der Waals surface area contributed by atoms with Gasteiger partial charge in [0.2, 0.25) is 5.91 Å². The Morgan fingerprint density at radius 2 is 2.00 bits per heavy atom. The highest BCUT2D eigenvalue weighted by molar-refractivity contribution is 6.34. The number of benzene rings is 1. The second kappa shape index (κ2) is 5.93. The van der Waals surface area contributed by atoms with E-state index in [-0.39, 0.29) is 5.91 Å². The summed E-state index contributed by atoms with van der Waals surface area (Å²) in [5.74, 6) is 1.43. The molecule has 1 aromatic heterocycles. The molecule has 0 bridgehead atoms. The maximum absolute atomic E-state index is 11.9. The summed E-state index contributed by atoms with van der Waals surface area (Å²) in [5.41, 5.74) is 0.468. The number of halogens is 1. The first kappa shape index (κ1) is 13.6. The van der Waals surface area contributed by atoms with Crippen molar-refractivity contribution in [3.05, 3.63) is 47.4 Å². The normalized spacial score (nSPS) is 13.4. The predicted octanol–water partition coefficient (Wildman–Crippen LogP) is 3.36. The van der Waals surface area contributed by atoms with Crippen LogP contribution in [0.5, 0.6) is 11.5 Å². The van der Waals surface area contributed by atoms with Gasteiger partial charge in [-0.25, -0.2) is 0 Å². The van der Waals surface area contributed by atoms with Gasteiger partial charge in [-0.05, 0) is 18.2 Å². The number of hydrogen-bond donors (Lipinski definition) is 1. The Kier molecular flexibility index (Phi) is 3.83. The van der Waals surface area contributed by atoms with E-state index in [4.69, 9.17) is 25.5 Å². The maximum atomic E-state index is 11.9. The zero-order chi connectivity index (χ0) is 14.7. The molecule has 1 aliphatic heterocycles. The lowest BCUT2D eigenvalue weighted by Crippen LogP contribution is -2.16. The molecule has 3 rings (SSSR count). The second-order valence-corrected chi connectivity index (χ2v) is 4.72. The molecule has 0 fully saturated rings. The molecule has 1 aromatic carbocycles. The third kappa shape index (κ3) is 3.20. The molecule has 0 radical (unpaired) electrons. The summed E-state index contributed by atoms with van der Waals surface area (Å²) >= 11 is 6.11. The Morgan fingerprint density at radius 1 is 1.24 bits per heavy atom. The third-order valence-corrected chi connectivity index (χ3v) is 3.14. The van der Waals surface area contributed by atoms with Crippen molar-refractivity contribution < 1.29 is 18.7 Å². The van der Waals surface area contributed by atoms with Crippen molar-refractivity contribution in [1.29, 1.82) is 0 Å². The zero-order valence-electron chi connectivity index (χ0n) is 11.0. The molecule has 0 atom stereocenters. The van der Waals surface area contributed by atoms with E-state index in [0.29, 0.717) is 41.2 Å². The molecule has 0 aliphatic carbocycles. The summed E-state index contributed by atoms with van der Waals surface area (Å²) in [6, 6.07) is 6.77. The fraction of sp³-hybridized carbons (Fsp3) is 0.133. The quantitative estimate of drug-likeness (QED) is 0.883. The van der Waals surface area contributed by atoms with Gasteiger partial charge in [0.1, 0.15) is 19.0 Å². The standard InChI is InChI=1S/C15H12ClNO4/c16-11-8-13-14(21-7-6-20-13)9-12(11)17-15(18)4-3-10-2-1-5-19-10/h1-5,8-9H,6-7H2,(H,17,18)/b4-3+. The number of carbonyl (C=O) groups excluding carboxylic acids is 1. The highest BCUT2D eigenvalue weighted by atomic mass is 35.5. The van der Waals surface area contributed by atoms with Crippen LogP contribution in [0.1, 0.15) is 5.76 Å². The lowest BCUT2D eigenvalue weighted by molar-refractivity contribution is -0.111. The molecule has 2 heterocycles. The molecule has 0 saturated carbocycles.